The maximum atomic E-state index is 11.0. The quantitative estimate of drug-likeness (QED) is 0.610. The van der Waals surface area contributed by atoms with Gasteiger partial charge in [-0.2, -0.15) is 0 Å². The molecule has 6 heteroatoms. The van der Waals surface area contributed by atoms with Crippen molar-refractivity contribution in [3.05, 3.63) is 33.9 Å². The van der Waals surface area contributed by atoms with E-state index in [4.69, 9.17) is 5.11 Å². The molecule has 2 N–H and O–H groups in total. The van der Waals surface area contributed by atoms with Crippen molar-refractivity contribution in [2.75, 3.05) is 11.9 Å². The highest BCUT2D eigenvalue weighted by Gasteiger charge is 2.21. The standard InChI is InChI=1S/C13H18N2O4/c1-8(2)11(13(16)17)7-14-10-5-4-9(3)12(6-10)15(18)19/h4-6,8,11,14H,7H2,1-3H3,(H,16,17). The van der Waals surface area contributed by atoms with Gasteiger partial charge in [0.2, 0.25) is 0 Å². The van der Waals surface area contributed by atoms with Gasteiger partial charge in [0.1, 0.15) is 0 Å². The molecular formula is C13H18N2O4. The minimum absolute atomic E-state index is 0.00886. The number of aryl methyl sites for hydroxylation is 1. The Morgan fingerprint density at radius 3 is 2.58 bits per heavy atom. The fourth-order valence-corrected chi connectivity index (χ4v) is 1.75. The van der Waals surface area contributed by atoms with Gasteiger partial charge in [-0.25, -0.2) is 0 Å². The molecule has 1 aromatic carbocycles. The summed E-state index contributed by atoms with van der Waals surface area (Å²) in [5.74, 6) is -1.41. The monoisotopic (exact) mass is 266 g/mol. The van der Waals surface area contributed by atoms with Crippen LogP contribution < -0.4 is 5.32 Å². The van der Waals surface area contributed by atoms with Crippen molar-refractivity contribution in [2.45, 2.75) is 20.8 Å². The summed E-state index contributed by atoms with van der Waals surface area (Å²) in [6.07, 6.45) is 0. The van der Waals surface area contributed by atoms with Crippen molar-refractivity contribution in [1.82, 2.24) is 0 Å². The van der Waals surface area contributed by atoms with Gasteiger partial charge in [-0.1, -0.05) is 19.9 Å². The van der Waals surface area contributed by atoms with Crippen LogP contribution in [-0.4, -0.2) is 22.5 Å². The first-order valence-electron chi connectivity index (χ1n) is 6.04. The van der Waals surface area contributed by atoms with Gasteiger partial charge in [0.05, 0.1) is 10.8 Å². The maximum absolute atomic E-state index is 11.0. The third-order valence-corrected chi connectivity index (χ3v) is 3.05. The van der Waals surface area contributed by atoms with Crippen LogP contribution in [0.25, 0.3) is 0 Å². The topological polar surface area (TPSA) is 92.5 Å². The normalized spacial score (nSPS) is 12.2. The second-order valence-electron chi connectivity index (χ2n) is 4.83. The Balaban J connectivity index is 2.80. The first-order chi connectivity index (χ1) is 8.82. The average molecular weight is 266 g/mol. The average Bonchev–Trinajstić information content (AvgIpc) is 2.30. The number of nitro benzene ring substituents is 1. The van der Waals surface area contributed by atoms with E-state index in [2.05, 4.69) is 5.32 Å². The Morgan fingerprint density at radius 1 is 1.47 bits per heavy atom. The zero-order chi connectivity index (χ0) is 14.6. The minimum Gasteiger partial charge on any atom is -0.481 e. The molecule has 1 aromatic rings. The van der Waals surface area contributed by atoms with Crippen molar-refractivity contribution < 1.29 is 14.8 Å². The number of hydrogen-bond donors (Lipinski definition) is 2. The van der Waals surface area contributed by atoms with Crippen molar-refractivity contribution in [2.24, 2.45) is 11.8 Å². The van der Waals surface area contributed by atoms with Crippen LogP contribution in [-0.2, 0) is 4.79 Å². The van der Waals surface area contributed by atoms with Gasteiger partial charge in [-0.3, -0.25) is 14.9 Å². The fourth-order valence-electron chi connectivity index (χ4n) is 1.75. The van der Waals surface area contributed by atoms with Crippen molar-refractivity contribution in [1.29, 1.82) is 0 Å². The lowest BCUT2D eigenvalue weighted by Crippen LogP contribution is -2.27. The lowest BCUT2D eigenvalue weighted by Gasteiger charge is -2.17. The molecule has 0 saturated heterocycles. The molecule has 1 atom stereocenters. The summed E-state index contributed by atoms with van der Waals surface area (Å²) >= 11 is 0. The minimum atomic E-state index is -0.871. The first kappa shape index (κ1) is 14.9. The van der Waals surface area contributed by atoms with E-state index in [0.717, 1.165) is 0 Å². The zero-order valence-electron chi connectivity index (χ0n) is 11.2. The Hall–Kier alpha value is -2.11. The van der Waals surface area contributed by atoms with Crippen LogP contribution in [0.3, 0.4) is 0 Å². The highest BCUT2D eigenvalue weighted by atomic mass is 16.6. The van der Waals surface area contributed by atoms with E-state index in [1.165, 1.54) is 6.07 Å². The maximum Gasteiger partial charge on any atom is 0.308 e. The van der Waals surface area contributed by atoms with E-state index in [9.17, 15) is 14.9 Å². The van der Waals surface area contributed by atoms with Gasteiger partial charge in [0, 0.05) is 23.9 Å². The van der Waals surface area contributed by atoms with Gasteiger partial charge < -0.3 is 10.4 Å². The number of carboxylic acid groups (broad SMARTS) is 1. The number of rotatable bonds is 6. The Morgan fingerprint density at radius 2 is 2.11 bits per heavy atom. The van der Waals surface area contributed by atoms with Crippen molar-refractivity contribution in [3.63, 3.8) is 0 Å². The van der Waals surface area contributed by atoms with Crippen LogP contribution in [0.15, 0.2) is 18.2 Å². The molecule has 19 heavy (non-hydrogen) atoms. The number of nitro groups is 1. The van der Waals surface area contributed by atoms with Crippen LogP contribution in [0.5, 0.6) is 0 Å². The molecule has 0 bridgehead atoms. The lowest BCUT2D eigenvalue weighted by molar-refractivity contribution is -0.385. The van der Waals surface area contributed by atoms with Gasteiger partial charge in [0.25, 0.3) is 5.69 Å². The molecule has 104 valence electrons. The van der Waals surface area contributed by atoms with Crippen LogP contribution >= 0.6 is 0 Å². The van der Waals surface area contributed by atoms with Gasteiger partial charge in [-0.15, -0.1) is 0 Å². The predicted octanol–water partition coefficient (Wildman–Crippen LogP) is 2.67. The van der Waals surface area contributed by atoms with E-state index in [-0.39, 0.29) is 18.2 Å². The van der Waals surface area contributed by atoms with E-state index in [1.807, 2.05) is 13.8 Å². The fraction of sp³-hybridized carbons (Fsp3) is 0.462. The van der Waals surface area contributed by atoms with Crippen LogP contribution in [0.1, 0.15) is 19.4 Å². The third kappa shape index (κ3) is 3.94. The summed E-state index contributed by atoms with van der Waals surface area (Å²) in [5, 5.41) is 22.8. The van der Waals surface area contributed by atoms with E-state index >= 15 is 0 Å². The molecule has 0 aliphatic carbocycles. The van der Waals surface area contributed by atoms with E-state index < -0.39 is 16.8 Å². The number of benzene rings is 1. The van der Waals surface area contributed by atoms with E-state index in [1.54, 1.807) is 19.1 Å². The van der Waals surface area contributed by atoms with Crippen LogP contribution in [0, 0.1) is 28.9 Å². The largest absolute Gasteiger partial charge is 0.481 e. The van der Waals surface area contributed by atoms with E-state index in [0.29, 0.717) is 11.3 Å². The Bertz CT molecular complexity index is 486. The van der Waals surface area contributed by atoms with Gasteiger partial charge in [0.15, 0.2) is 0 Å². The zero-order valence-corrected chi connectivity index (χ0v) is 11.2. The second kappa shape index (κ2) is 6.17. The Kier molecular flexibility index (Phi) is 4.86. The molecular weight excluding hydrogens is 248 g/mol. The number of aliphatic carboxylic acids is 1. The molecule has 0 spiro atoms. The number of anilines is 1. The van der Waals surface area contributed by atoms with Gasteiger partial charge in [-0.05, 0) is 18.9 Å². The molecule has 0 aromatic heterocycles. The molecule has 6 nitrogen and oxygen atoms in total. The Labute approximate surface area is 111 Å². The van der Waals surface area contributed by atoms with Crippen molar-refractivity contribution in [3.8, 4) is 0 Å². The van der Waals surface area contributed by atoms with Gasteiger partial charge >= 0.3 is 5.97 Å². The summed E-state index contributed by atoms with van der Waals surface area (Å²) in [6, 6.07) is 4.78. The van der Waals surface area contributed by atoms with Crippen LogP contribution in [0.4, 0.5) is 11.4 Å². The molecule has 0 amide bonds. The van der Waals surface area contributed by atoms with Crippen LogP contribution in [0.2, 0.25) is 0 Å². The summed E-state index contributed by atoms with van der Waals surface area (Å²) in [6.45, 7) is 5.57. The SMILES string of the molecule is Cc1ccc(NCC(C(=O)O)C(C)C)cc1[N+](=O)[O-]. The van der Waals surface area contributed by atoms with Crippen molar-refractivity contribution >= 4 is 17.3 Å². The molecule has 0 aliphatic heterocycles. The molecule has 0 heterocycles. The predicted molar refractivity (Wildman–Crippen MR) is 72.3 cm³/mol. The molecule has 0 saturated carbocycles. The molecule has 0 fully saturated rings. The number of nitrogens with zero attached hydrogens (tertiary/aromatic N) is 1. The second-order valence-corrected chi connectivity index (χ2v) is 4.83. The highest BCUT2D eigenvalue weighted by molar-refractivity contribution is 5.71. The first-order valence-corrected chi connectivity index (χ1v) is 6.04. The number of carbonyl (C=O) groups is 1. The third-order valence-electron chi connectivity index (χ3n) is 3.05. The number of nitrogens with one attached hydrogen (secondary N) is 1. The summed E-state index contributed by atoms with van der Waals surface area (Å²) in [7, 11) is 0. The lowest BCUT2D eigenvalue weighted by atomic mass is 9.96. The molecule has 0 aliphatic rings. The number of carboxylic acids is 1. The summed E-state index contributed by atoms with van der Waals surface area (Å²) in [5.41, 5.74) is 1.17. The molecule has 1 unspecified atom stereocenters. The highest BCUT2D eigenvalue weighted by Crippen LogP contribution is 2.23. The summed E-state index contributed by atoms with van der Waals surface area (Å²) < 4.78 is 0. The number of hydrogen-bond acceptors (Lipinski definition) is 4. The smallest absolute Gasteiger partial charge is 0.308 e. The molecule has 1 rings (SSSR count). The molecule has 0 radical (unpaired) electrons. The summed E-state index contributed by atoms with van der Waals surface area (Å²) in [4.78, 5) is 21.4.